The number of carbonyl (C=O) groups is 2. The van der Waals surface area contributed by atoms with Crippen molar-refractivity contribution in [1.29, 1.82) is 0 Å². The molecule has 1 aromatic rings. The Morgan fingerprint density at radius 1 is 1.25 bits per heavy atom. The van der Waals surface area contributed by atoms with Gasteiger partial charge < -0.3 is 19.3 Å². The zero-order valence-electron chi connectivity index (χ0n) is 8.30. The fraction of sp³-hybridized carbons (Fsp3) is 0.200. The number of methoxy groups -OCH3 is 1. The molecule has 1 N–H and O–H groups in total. The number of para-hydroxylation sites is 2. The third kappa shape index (κ3) is 1.27. The van der Waals surface area contributed by atoms with Crippen LogP contribution >= 0.6 is 0 Å². The maximum atomic E-state index is 11.4. The second kappa shape index (κ2) is 3.41. The predicted octanol–water partition coefficient (Wildman–Crippen LogP) is 0.412. The summed E-state index contributed by atoms with van der Waals surface area (Å²) in [5.74, 6) is -4.73. The molecule has 0 fully saturated rings. The normalized spacial score (nSPS) is 15.6. The number of carbonyl (C=O) groups excluding carboxylic acids is 1. The molecule has 0 spiro atoms. The zero-order valence-corrected chi connectivity index (χ0v) is 8.30. The van der Waals surface area contributed by atoms with Crippen molar-refractivity contribution in [1.82, 2.24) is 0 Å². The average molecular weight is 224 g/mol. The van der Waals surface area contributed by atoms with Crippen LogP contribution in [0.4, 0.5) is 0 Å². The predicted molar refractivity (Wildman–Crippen MR) is 50.1 cm³/mol. The van der Waals surface area contributed by atoms with E-state index >= 15 is 0 Å². The van der Waals surface area contributed by atoms with E-state index in [4.69, 9.17) is 14.6 Å². The maximum Gasteiger partial charge on any atom is 0.453 e. The van der Waals surface area contributed by atoms with Gasteiger partial charge in [0.1, 0.15) is 0 Å². The largest absolute Gasteiger partial charge is 0.475 e. The van der Waals surface area contributed by atoms with Crippen LogP contribution in [0.15, 0.2) is 24.3 Å². The highest BCUT2D eigenvalue weighted by atomic mass is 16.8. The van der Waals surface area contributed by atoms with E-state index in [9.17, 15) is 9.59 Å². The van der Waals surface area contributed by atoms with Gasteiger partial charge in [0.05, 0.1) is 7.11 Å². The molecule has 84 valence electrons. The van der Waals surface area contributed by atoms with E-state index in [1.54, 1.807) is 12.1 Å². The number of esters is 1. The van der Waals surface area contributed by atoms with Gasteiger partial charge in [0, 0.05) is 0 Å². The lowest BCUT2D eigenvalue weighted by molar-refractivity contribution is -0.196. The summed E-state index contributed by atoms with van der Waals surface area (Å²) in [6, 6.07) is 6.28. The topological polar surface area (TPSA) is 82.1 Å². The van der Waals surface area contributed by atoms with Gasteiger partial charge in [-0.05, 0) is 12.1 Å². The number of fused-ring (bicyclic) bond motifs is 1. The van der Waals surface area contributed by atoms with Gasteiger partial charge in [-0.3, -0.25) is 0 Å². The van der Waals surface area contributed by atoms with Gasteiger partial charge in [0.2, 0.25) is 0 Å². The molecule has 6 heteroatoms. The van der Waals surface area contributed by atoms with Crippen molar-refractivity contribution in [3.05, 3.63) is 24.3 Å². The molecule has 2 rings (SSSR count). The summed E-state index contributed by atoms with van der Waals surface area (Å²) in [6.07, 6.45) is 0. The van der Waals surface area contributed by atoms with Crippen molar-refractivity contribution < 1.29 is 28.9 Å². The third-order valence-electron chi connectivity index (χ3n) is 2.09. The summed E-state index contributed by atoms with van der Waals surface area (Å²) in [7, 11) is 1.06. The highest BCUT2D eigenvalue weighted by Crippen LogP contribution is 2.39. The van der Waals surface area contributed by atoms with Crippen LogP contribution in [0.3, 0.4) is 0 Å². The smallest absolute Gasteiger partial charge is 0.453 e. The number of aliphatic carboxylic acids is 1. The van der Waals surface area contributed by atoms with E-state index in [0.717, 1.165) is 7.11 Å². The van der Waals surface area contributed by atoms with Crippen LogP contribution in [0.5, 0.6) is 11.5 Å². The molecule has 0 amide bonds. The molecule has 0 aromatic heterocycles. The number of carboxylic acids is 1. The first-order valence-corrected chi connectivity index (χ1v) is 4.39. The van der Waals surface area contributed by atoms with Crippen molar-refractivity contribution >= 4 is 11.9 Å². The monoisotopic (exact) mass is 224 g/mol. The van der Waals surface area contributed by atoms with Crippen LogP contribution < -0.4 is 9.47 Å². The molecule has 0 saturated heterocycles. The standard InChI is InChI=1S/C10H8O6/c1-14-9(13)10(8(11)12)15-6-4-2-3-5-7(6)16-10/h2-5H,1H3,(H,11,12). The Morgan fingerprint density at radius 2 is 1.75 bits per heavy atom. The lowest BCUT2D eigenvalue weighted by Gasteiger charge is -2.19. The second-order valence-corrected chi connectivity index (χ2v) is 3.06. The molecule has 0 bridgehead atoms. The van der Waals surface area contributed by atoms with Crippen LogP contribution in [0.2, 0.25) is 0 Å². The minimum Gasteiger partial charge on any atom is -0.475 e. The quantitative estimate of drug-likeness (QED) is 0.578. The summed E-state index contributed by atoms with van der Waals surface area (Å²) >= 11 is 0. The van der Waals surface area contributed by atoms with E-state index in [-0.39, 0.29) is 11.5 Å². The highest BCUT2D eigenvalue weighted by Gasteiger charge is 2.58. The molecule has 16 heavy (non-hydrogen) atoms. The molecule has 0 atom stereocenters. The molecule has 1 heterocycles. The number of hydrogen-bond acceptors (Lipinski definition) is 5. The Morgan fingerprint density at radius 3 is 2.12 bits per heavy atom. The summed E-state index contributed by atoms with van der Waals surface area (Å²) < 4.78 is 14.4. The first kappa shape index (κ1) is 10.3. The van der Waals surface area contributed by atoms with Crippen molar-refractivity contribution in [3.8, 4) is 11.5 Å². The Labute approximate surface area is 90.3 Å². The molecular formula is C10H8O6. The number of hydrogen-bond donors (Lipinski definition) is 1. The number of benzene rings is 1. The fourth-order valence-electron chi connectivity index (χ4n) is 1.34. The van der Waals surface area contributed by atoms with Gasteiger partial charge in [-0.2, -0.15) is 0 Å². The molecule has 6 nitrogen and oxygen atoms in total. The number of ether oxygens (including phenoxy) is 3. The number of carboxylic acid groups (broad SMARTS) is 1. The molecule has 0 aliphatic carbocycles. The Hall–Kier alpha value is -2.24. The van der Waals surface area contributed by atoms with Crippen LogP contribution in [-0.2, 0) is 14.3 Å². The third-order valence-corrected chi connectivity index (χ3v) is 2.09. The zero-order chi connectivity index (χ0) is 11.8. The second-order valence-electron chi connectivity index (χ2n) is 3.06. The molecule has 1 aliphatic heterocycles. The van der Waals surface area contributed by atoms with E-state index in [2.05, 4.69) is 4.74 Å². The molecular weight excluding hydrogens is 216 g/mol. The molecule has 1 aliphatic rings. The van der Waals surface area contributed by atoms with Crippen molar-refractivity contribution in [2.75, 3.05) is 7.11 Å². The van der Waals surface area contributed by atoms with Crippen molar-refractivity contribution in [2.45, 2.75) is 5.79 Å². The lowest BCUT2D eigenvalue weighted by atomic mass is 10.3. The lowest BCUT2D eigenvalue weighted by Crippen LogP contribution is -2.54. The molecule has 0 saturated carbocycles. The van der Waals surface area contributed by atoms with Crippen molar-refractivity contribution in [3.63, 3.8) is 0 Å². The van der Waals surface area contributed by atoms with Crippen LogP contribution in [0, 0.1) is 0 Å². The van der Waals surface area contributed by atoms with Crippen LogP contribution in [-0.4, -0.2) is 29.9 Å². The minimum absolute atomic E-state index is 0.190. The average Bonchev–Trinajstić information content (AvgIpc) is 2.68. The summed E-state index contributed by atoms with van der Waals surface area (Å²) in [6.45, 7) is 0. The van der Waals surface area contributed by atoms with Crippen LogP contribution in [0.1, 0.15) is 0 Å². The summed E-state index contributed by atoms with van der Waals surface area (Å²) in [5.41, 5.74) is 0. The van der Waals surface area contributed by atoms with Crippen LogP contribution in [0.25, 0.3) is 0 Å². The van der Waals surface area contributed by atoms with E-state index in [1.807, 2.05) is 0 Å². The Bertz CT molecular complexity index is 427. The first-order chi connectivity index (χ1) is 7.60. The summed E-state index contributed by atoms with van der Waals surface area (Å²) in [4.78, 5) is 22.4. The molecule has 1 aromatic carbocycles. The van der Waals surface area contributed by atoms with Gasteiger partial charge in [-0.1, -0.05) is 12.1 Å². The summed E-state index contributed by atoms with van der Waals surface area (Å²) in [5, 5.41) is 8.99. The highest BCUT2D eigenvalue weighted by molar-refractivity contribution is 6.02. The Kier molecular flexibility index (Phi) is 2.19. The maximum absolute atomic E-state index is 11.4. The van der Waals surface area contributed by atoms with Gasteiger partial charge in [0.25, 0.3) is 0 Å². The van der Waals surface area contributed by atoms with Gasteiger partial charge in [-0.25, -0.2) is 9.59 Å². The van der Waals surface area contributed by atoms with E-state index in [1.165, 1.54) is 12.1 Å². The van der Waals surface area contributed by atoms with E-state index < -0.39 is 17.7 Å². The van der Waals surface area contributed by atoms with Gasteiger partial charge >= 0.3 is 17.7 Å². The van der Waals surface area contributed by atoms with Crippen molar-refractivity contribution in [2.24, 2.45) is 0 Å². The molecule has 0 radical (unpaired) electrons. The van der Waals surface area contributed by atoms with Gasteiger partial charge in [-0.15, -0.1) is 0 Å². The Balaban J connectivity index is 2.42. The fourth-order valence-corrected chi connectivity index (χ4v) is 1.34. The SMILES string of the molecule is COC(=O)C1(C(=O)O)Oc2ccccc2O1. The number of rotatable bonds is 2. The first-order valence-electron chi connectivity index (χ1n) is 4.39. The van der Waals surface area contributed by atoms with Gasteiger partial charge in [0.15, 0.2) is 11.5 Å². The molecule has 0 unspecified atom stereocenters. The minimum atomic E-state index is -2.43. The van der Waals surface area contributed by atoms with E-state index in [0.29, 0.717) is 0 Å².